The fourth-order valence-electron chi connectivity index (χ4n) is 4.49. The summed E-state index contributed by atoms with van der Waals surface area (Å²) < 4.78 is 79.8. The van der Waals surface area contributed by atoms with Crippen LogP contribution in [0.3, 0.4) is 0 Å². The van der Waals surface area contributed by atoms with E-state index >= 15 is 0 Å². The average molecular weight is 623 g/mol. The van der Waals surface area contributed by atoms with Gasteiger partial charge in [-0.25, -0.2) is 0 Å². The van der Waals surface area contributed by atoms with E-state index in [9.17, 15) is 40.7 Å². The maximum absolute atomic E-state index is 13.2. The van der Waals surface area contributed by atoms with E-state index in [1.165, 1.54) is 22.4 Å². The van der Waals surface area contributed by atoms with Crippen LogP contribution in [0.1, 0.15) is 41.7 Å². The quantitative estimate of drug-likeness (QED) is 0.211. The van der Waals surface area contributed by atoms with E-state index in [2.05, 4.69) is 5.32 Å². The molecule has 2 N–H and O–H groups in total. The number of hydrogen-bond donors (Lipinski definition) is 2. The molecule has 0 radical (unpaired) electrons. The van der Waals surface area contributed by atoms with Gasteiger partial charge in [0.2, 0.25) is 5.91 Å². The van der Waals surface area contributed by atoms with Crippen LogP contribution in [0.25, 0.3) is 17.2 Å². The average Bonchev–Trinajstić information content (AvgIpc) is 3.57. The zero-order valence-corrected chi connectivity index (χ0v) is 22.7. The number of carboxylic acid groups (broad SMARTS) is 1. The van der Waals surface area contributed by atoms with Crippen molar-refractivity contribution in [2.75, 3.05) is 6.54 Å². The Bertz CT molecular complexity index is 1350. The zero-order valence-electron chi connectivity index (χ0n) is 20.3. The molecule has 1 aliphatic heterocycles. The van der Waals surface area contributed by atoms with Crippen LogP contribution in [0.4, 0.5) is 26.3 Å². The number of carbonyl (C=O) groups is 3. The summed E-state index contributed by atoms with van der Waals surface area (Å²) in [6.07, 6.45) is -7.32. The number of carboxylic acids is 1. The molecule has 0 bridgehead atoms. The van der Waals surface area contributed by atoms with Gasteiger partial charge in [0.15, 0.2) is 0 Å². The number of amides is 2. The van der Waals surface area contributed by atoms with Gasteiger partial charge in [0.25, 0.3) is 5.91 Å². The summed E-state index contributed by atoms with van der Waals surface area (Å²) in [6.45, 7) is -0.0000527. The number of halogens is 6. The summed E-state index contributed by atoms with van der Waals surface area (Å²) in [5.74, 6) is -2.13. The standard InChI is InChI=1S/C25H20F6N2O4S3/c26-24(27,28)15-5-13(6-16(9-15)25(29,30)31)14-8-18(39-11-14)10-19-22(37)33(23(38)40-19)17-2-1-12(7-17)21(36)32-4-3-20(34)35/h5-6,8-12,17H,1-4,7H2,(H,32,36)(H,34,35)/t12-,17+/m0/s1. The minimum absolute atomic E-state index is 0.0000527. The summed E-state index contributed by atoms with van der Waals surface area (Å²) >= 11 is 7.45. The zero-order chi connectivity index (χ0) is 29.4. The van der Waals surface area contributed by atoms with Crippen molar-refractivity contribution in [1.29, 1.82) is 0 Å². The van der Waals surface area contributed by atoms with Crippen molar-refractivity contribution in [2.45, 2.75) is 44.1 Å². The monoisotopic (exact) mass is 622 g/mol. The first-order valence-corrected chi connectivity index (χ1v) is 13.9. The Balaban J connectivity index is 1.49. The molecule has 4 rings (SSSR count). The lowest BCUT2D eigenvalue weighted by atomic mass is 10.0. The second-order valence-corrected chi connectivity index (χ2v) is 11.8. The number of thiocarbonyl (C=S) groups is 1. The fourth-order valence-corrected chi connectivity index (χ4v) is 6.81. The van der Waals surface area contributed by atoms with E-state index in [-0.39, 0.29) is 51.3 Å². The van der Waals surface area contributed by atoms with E-state index in [4.69, 9.17) is 17.3 Å². The van der Waals surface area contributed by atoms with Gasteiger partial charge in [-0.05, 0) is 66.1 Å². The number of thiophene rings is 1. The van der Waals surface area contributed by atoms with E-state index in [1.807, 2.05) is 0 Å². The fraction of sp³-hybridized carbons (Fsp3) is 0.360. The molecule has 2 aromatic rings. The molecule has 1 aromatic carbocycles. The third-order valence-electron chi connectivity index (χ3n) is 6.42. The lowest BCUT2D eigenvalue weighted by Crippen LogP contribution is -2.38. The molecule has 1 aliphatic carbocycles. The molecule has 2 fully saturated rings. The Labute approximate surface area is 237 Å². The summed E-state index contributed by atoms with van der Waals surface area (Å²) in [7, 11) is 0. The van der Waals surface area contributed by atoms with Gasteiger partial charge in [-0.15, -0.1) is 11.3 Å². The van der Waals surface area contributed by atoms with Crippen LogP contribution in [0, 0.1) is 5.92 Å². The maximum atomic E-state index is 13.2. The minimum Gasteiger partial charge on any atom is -0.481 e. The molecule has 1 aromatic heterocycles. The molecule has 2 heterocycles. The van der Waals surface area contributed by atoms with Crippen LogP contribution in [-0.2, 0) is 26.7 Å². The smallest absolute Gasteiger partial charge is 0.416 e. The largest absolute Gasteiger partial charge is 0.481 e. The first kappa shape index (κ1) is 30.1. The van der Waals surface area contributed by atoms with Gasteiger partial charge < -0.3 is 10.4 Å². The summed E-state index contributed by atoms with van der Waals surface area (Å²) in [6, 6.07) is 2.43. The van der Waals surface area contributed by atoms with Crippen LogP contribution in [0.5, 0.6) is 0 Å². The van der Waals surface area contributed by atoms with Crippen LogP contribution >= 0.6 is 35.3 Å². The lowest BCUT2D eigenvalue weighted by molar-refractivity contribution is -0.143. The van der Waals surface area contributed by atoms with Crippen LogP contribution < -0.4 is 5.32 Å². The molecule has 40 heavy (non-hydrogen) atoms. The van der Waals surface area contributed by atoms with Gasteiger partial charge in [-0.1, -0.05) is 24.0 Å². The molecule has 1 saturated heterocycles. The van der Waals surface area contributed by atoms with Crippen molar-refractivity contribution in [1.82, 2.24) is 10.2 Å². The summed E-state index contributed by atoms with van der Waals surface area (Å²) in [5.41, 5.74) is -2.96. The number of alkyl halides is 6. The predicted molar refractivity (Wildman–Crippen MR) is 141 cm³/mol. The Hall–Kier alpha value is -2.91. The second kappa shape index (κ2) is 11.5. The first-order valence-electron chi connectivity index (χ1n) is 11.8. The number of benzene rings is 1. The maximum Gasteiger partial charge on any atom is 0.416 e. The Morgan fingerprint density at radius 2 is 1.70 bits per heavy atom. The van der Waals surface area contributed by atoms with Gasteiger partial charge in [-0.3, -0.25) is 19.3 Å². The molecule has 214 valence electrons. The summed E-state index contributed by atoms with van der Waals surface area (Å²) in [4.78, 5) is 38.2. The Morgan fingerprint density at radius 1 is 1.05 bits per heavy atom. The third kappa shape index (κ3) is 6.86. The number of hydrogen-bond acceptors (Lipinski definition) is 6. The first-order chi connectivity index (χ1) is 18.6. The number of nitrogens with zero attached hydrogens (tertiary/aromatic N) is 1. The number of aliphatic carboxylic acids is 1. The number of carbonyl (C=O) groups excluding carboxylic acids is 2. The highest BCUT2D eigenvalue weighted by molar-refractivity contribution is 8.26. The van der Waals surface area contributed by atoms with Gasteiger partial charge >= 0.3 is 18.3 Å². The van der Waals surface area contributed by atoms with Gasteiger partial charge in [-0.2, -0.15) is 26.3 Å². The lowest BCUT2D eigenvalue weighted by Gasteiger charge is -2.22. The Kier molecular flexibility index (Phi) is 8.66. The van der Waals surface area contributed by atoms with E-state index in [0.717, 1.165) is 23.1 Å². The molecule has 2 atom stereocenters. The van der Waals surface area contributed by atoms with Gasteiger partial charge in [0.1, 0.15) is 4.32 Å². The SMILES string of the molecule is O=C(O)CCNC(=O)[C@H]1CC[C@@H](N2C(=O)C(=Cc3cc(-c4cc(C(F)(F)F)cc(C(F)(F)F)c4)cs3)SC2=S)C1. The topological polar surface area (TPSA) is 86.7 Å². The van der Waals surface area contributed by atoms with Crippen molar-refractivity contribution < 1.29 is 45.8 Å². The number of thioether (sulfide) groups is 1. The van der Waals surface area contributed by atoms with Crippen molar-refractivity contribution in [3.05, 3.63) is 50.6 Å². The van der Waals surface area contributed by atoms with Crippen LogP contribution in [-0.4, -0.2) is 44.7 Å². The molecule has 1 saturated carbocycles. The molecule has 2 aliphatic rings. The van der Waals surface area contributed by atoms with Crippen molar-refractivity contribution in [3.8, 4) is 11.1 Å². The molecule has 0 unspecified atom stereocenters. The van der Waals surface area contributed by atoms with Crippen molar-refractivity contribution >= 4 is 63.5 Å². The molecular weight excluding hydrogens is 602 g/mol. The van der Waals surface area contributed by atoms with Crippen LogP contribution in [0.15, 0.2) is 34.6 Å². The highest BCUT2D eigenvalue weighted by Crippen LogP contribution is 2.42. The highest BCUT2D eigenvalue weighted by atomic mass is 32.2. The van der Waals surface area contributed by atoms with Gasteiger partial charge in [0, 0.05) is 23.4 Å². The molecule has 2 amide bonds. The van der Waals surface area contributed by atoms with Crippen molar-refractivity contribution in [3.63, 3.8) is 0 Å². The molecule has 6 nitrogen and oxygen atoms in total. The normalized spacial score (nSPS) is 20.9. The van der Waals surface area contributed by atoms with Gasteiger partial charge in [0.05, 0.1) is 22.5 Å². The molecule has 15 heteroatoms. The number of nitrogens with one attached hydrogen (secondary N) is 1. The van der Waals surface area contributed by atoms with E-state index < -0.39 is 41.3 Å². The third-order valence-corrected chi connectivity index (χ3v) is 8.63. The highest BCUT2D eigenvalue weighted by Gasteiger charge is 2.42. The predicted octanol–water partition coefficient (Wildman–Crippen LogP) is 6.41. The second-order valence-electron chi connectivity index (χ2n) is 9.18. The number of rotatable bonds is 7. The van der Waals surface area contributed by atoms with Crippen molar-refractivity contribution in [2.24, 2.45) is 5.92 Å². The molecular formula is C25H20F6N2O4S3. The van der Waals surface area contributed by atoms with E-state index in [1.54, 1.807) is 0 Å². The summed E-state index contributed by atoms with van der Waals surface area (Å²) in [5, 5.41) is 12.7. The Morgan fingerprint density at radius 3 is 2.30 bits per heavy atom. The minimum atomic E-state index is -4.97. The van der Waals surface area contributed by atoms with E-state index in [0.29, 0.717) is 36.3 Å². The molecule has 0 spiro atoms. The van der Waals surface area contributed by atoms with Crippen LogP contribution in [0.2, 0.25) is 0 Å².